The van der Waals surface area contributed by atoms with Gasteiger partial charge < -0.3 is 20.4 Å². The number of hydrogen-bond acceptors (Lipinski definition) is 9. The molecule has 1 amide bonds. The predicted molar refractivity (Wildman–Crippen MR) is 116 cm³/mol. The molecule has 160 valence electrons. The highest BCUT2D eigenvalue weighted by Gasteiger charge is 2.27. The van der Waals surface area contributed by atoms with Crippen LogP contribution in [0.3, 0.4) is 0 Å². The van der Waals surface area contributed by atoms with Crippen molar-refractivity contribution in [3.05, 3.63) is 35.8 Å². The summed E-state index contributed by atoms with van der Waals surface area (Å²) < 4.78 is 1.69. The Kier molecular flexibility index (Phi) is 8.31. The summed E-state index contributed by atoms with van der Waals surface area (Å²) in [5, 5.41) is 31.9. The number of carbonyl (C=O) groups is 2. The number of anilines is 1. The van der Waals surface area contributed by atoms with Gasteiger partial charge in [-0.1, -0.05) is 11.8 Å². The van der Waals surface area contributed by atoms with Crippen LogP contribution in [0, 0.1) is 0 Å². The lowest BCUT2D eigenvalue weighted by atomic mass is 10.2. The zero-order valence-corrected chi connectivity index (χ0v) is 17.9. The maximum Gasteiger partial charge on any atom is 0.408 e. The van der Waals surface area contributed by atoms with Crippen molar-refractivity contribution in [2.45, 2.75) is 19.0 Å². The van der Waals surface area contributed by atoms with Crippen molar-refractivity contribution in [2.75, 3.05) is 37.0 Å². The Labute approximate surface area is 182 Å². The zero-order valence-electron chi connectivity index (χ0n) is 16.3. The van der Waals surface area contributed by atoms with Crippen LogP contribution in [0.1, 0.15) is 6.42 Å². The van der Waals surface area contributed by atoms with Crippen LogP contribution in [0.4, 0.5) is 16.5 Å². The Morgan fingerprint density at radius 1 is 1.20 bits per heavy atom. The van der Waals surface area contributed by atoms with E-state index in [1.54, 1.807) is 22.9 Å². The minimum Gasteiger partial charge on any atom is -0.395 e. The van der Waals surface area contributed by atoms with Crippen molar-refractivity contribution in [2.24, 2.45) is 10.2 Å². The molecule has 1 aliphatic rings. The van der Waals surface area contributed by atoms with Gasteiger partial charge in [-0.15, -0.1) is 0 Å². The van der Waals surface area contributed by atoms with E-state index in [0.717, 1.165) is 11.4 Å². The first-order valence-corrected chi connectivity index (χ1v) is 11.4. The Hall–Kier alpha value is -2.34. The summed E-state index contributed by atoms with van der Waals surface area (Å²) in [7, 11) is 0. The van der Waals surface area contributed by atoms with Gasteiger partial charge in [-0.05, 0) is 47.1 Å². The summed E-state index contributed by atoms with van der Waals surface area (Å²) in [6.45, 7) is 0.943. The number of azo groups is 1. The third-order valence-electron chi connectivity index (χ3n) is 4.45. The molecule has 11 heteroatoms. The maximum atomic E-state index is 12.2. The average molecular weight is 451 g/mol. The van der Waals surface area contributed by atoms with Crippen LogP contribution in [0.2, 0.25) is 0 Å². The second-order valence-corrected chi connectivity index (χ2v) is 8.51. The van der Waals surface area contributed by atoms with Gasteiger partial charge in [0.1, 0.15) is 11.9 Å². The summed E-state index contributed by atoms with van der Waals surface area (Å²) in [6, 6.07) is 6.91. The molecule has 0 spiro atoms. The van der Waals surface area contributed by atoms with E-state index in [-0.39, 0.29) is 30.8 Å². The highest BCUT2D eigenvalue weighted by molar-refractivity contribution is 8.14. The Morgan fingerprint density at radius 2 is 1.93 bits per heavy atom. The lowest BCUT2D eigenvalue weighted by Gasteiger charge is -2.22. The third-order valence-corrected chi connectivity index (χ3v) is 6.24. The Bertz CT molecular complexity index is 881. The largest absolute Gasteiger partial charge is 0.408 e. The molecule has 1 aromatic carbocycles. The van der Waals surface area contributed by atoms with Gasteiger partial charge in [-0.25, -0.2) is 4.57 Å². The number of aromatic nitrogens is 1. The van der Waals surface area contributed by atoms with Gasteiger partial charge in [0.15, 0.2) is 6.54 Å². The van der Waals surface area contributed by atoms with Gasteiger partial charge in [0, 0.05) is 29.9 Å². The molecule has 30 heavy (non-hydrogen) atoms. The van der Waals surface area contributed by atoms with Gasteiger partial charge in [0.25, 0.3) is 5.91 Å². The first-order chi connectivity index (χ1) is 14.6. The van der Waals surface area contributed by atoms with Crippen LogP contribution < -0.4 is 14.8 Å². The summed E-state index contributed by atoms with van der Waals surface area (Å²) in [5.41, 5.74) is 1.52. The molecule has 1 unspecified atom stereocenters. The standard InChI is InChI=1S/C19H23N5O4S2/c25-9-6-23(7-10-26)15-3-1-14(2-4-15)21-22-19-24(8-12-30-19)13-17(27)20-16-5-11-29-18(16)28/h1-4,8,12,16,25-26H,5-7,9-11,13H2/p+1. The van der Waals surface area contributed by atoms with Crippen molar-refractivity contribution in [1.29, 1.82) is 0 Å². The average Bonchev–Trinajstić information content (AvgIpc) is 3.35. The van der Waals surface area contributed by atoms with E-state index < -0.39 is 6.04 Å². The van der Waals surface area contributed by atoms with Crippen molar-refractivity contribution in [3.8, 4) is 0 Å². The number of thiazole rings is 1. The van der Waals surface area contributed by atoms with E-state index in [9.17, 15) is 9.59 Å². The summed E-state index contributed by atoms with van der Waals surface area (Å²) in [4.78, 5) is 25.8. The molecule has 0 saturated carbocycles. The maximum absolute atomic E-state index is 12.2. The smallest absolute Gasteiger partial charge is 0.395 e. The number of nitrogens with zero attached hydrogens (tertiary/aromatic N) is 4. The van der Waals surface area contributed by atoms with Crippen molar-refractivity contribution in [1.82, 2.24) is 5.32 Å². The SMILES string of the molecule is O=C(C[n+]1ccsc1/N=N/c1ccc(N(CCO)CCO)cc1)NC1CCSC1=O. The molecule has 0 radical (unpaired) electrons. The summed E-state index contributed by atoms with van der Waals surface area (Å²) in [5.74, 6) is 0.513. The lowest BCUT2D eigenvalue weighted by Crippen LogP contribution is -2.46. The van der Waals surface area contributed by atoms with Gasteiger partial charge in [-0.2, -0.15) is 0 Å². The molecule has 1 saturated heterocycles. The van der Waals surface area contributed by atoms with Gasteiger partial charge in [0.05, 0.1) is 24.4 Å². The van der Waals surface area contributed by atoms with Gasteiger partial charge >= 0.3 is 5.13 Å². The normalized spacial score (nSPS) is 16.3. The molecular weight excluding hydrogens is 426 g/mol. The van der Waals surface area contributed by atoms with Crippen LogP contribution in [0.15, 0.2) is 46.1 Å². The van der Waals surface area contributed by atoms with Crippen LogP contribution >= 0.6 is 23.1 Å². The van der Waals surface area contributed by atoms with E-state index in [0.29, 0.717) is 30.3 Å². The molecule has 9 nitrogen and oxygen atoms in total. The fourth-order valence-corrected chi connectivity index (χ4v) is 4.57. The fraction of sp³-hybridized carbons (Fsp3) is 0.421. The predicted octanol–water partition coefficient (Wildman–Crippen LogP) is 1.39. The van der Waals surface area contributed by atoms with Crippen LogP contribution in [-0.4, -0.2) is 59.3 Å². The highest BCUT2D eigenvalue weighted by Crippen LogP contribution is 2.23. The van der Waals surface area contributed by atoms with E-state index in [4.69, 9.17) is 10.2 Å². The number of nitrogens with one attached hydrogen (secondary N) is 1. The first-order valence-electron chi connectivity index (χ1n) is 9.52. The number of hydrogen-bond donors (Lipinski definition) is 3. The molecule has 1 aliphatic heterocycles. The van der Waals surface area contributed by atoms with Gasteiger partial charge in [0.2, 0.25) is 5.12 Å². The second kappa shape index (κ2) is 11.2. The zero-order chi connectivity index (χ0) is 21.3. The van der Waals surface area contributed by atoms with E-state index in [2.05, 4.69) is 15.5 Å². The second-order valence-electron chi connectivity index (χ2n) is 6.54. The number of thioether (sulfide) groups is 1. The third kappa shape index (κ3) is 6.08. The van der Waals surface area contributed by atoms with Crippen LogP contribution in [0.25, 0.3) is 0 Å². The molecule has 0 bridgehead atoms. The molecule has 0 aliphatic carbocycles. The first kappa shape index (κ1) is 22.3. The number of aliphatic hydroxyl groups excluding tert-OH is 2. The molecule has 1 atom stereocenters. The number of aliphatic hydroxyl groups is 2. The van der Waals surface area contributed by atoms with Crippen molar-refractivity contribution < 1.29 is 24.4 Å². The molecule has 1 aromatic heterocycles. The fourth-order valence-electron chi connectivity index (χ4n) is 2.96. The Balaban J connectivity index is 1.61. The number of benzene rings is 1. The molecule has 3 N–H and O–H groups in total. The van der Waals surface area contributed by atoms with Crippen molar-refractivity contribution in [3.63, 3.8) is 0 Å². The van der Waals surface area contributed by atoms with E-state index >= 15 is 0 Å². The molecule has 3 rings (SSSR count). The van der Waals surface area contributed by atoms with Gasteiger partial charge in [-0.3, -0.25) is 9.59 Å². The Morgan fingerprint density at radius 3 is 2.57 bits per heavy atom. The molecule has 1 fully saturated rings. The minimum atomic E-state index is -0.401. The topological polar surface area (TPSA) is 118 Å². The highest BCUT2D eigenvalue weighted by atomic mass is 32.2. The van der Waals surface area contributed by atoms with Crippen LogP contribution in [0.5, 0.6) is 0 Å². The number of carbonyl (C=O) groups excluding carboxylic acids is 2. The molecule has 2 aromatic rings. The number of rotatable bonds is 10. The lowest BCUT2D eigenvalue weighted by molar-refractivity contribution is -0.667. The minimum absolute atomic E-state index is 0.00115. The van der Waals surface area contributed by atoms with E-state index in [1.165, 1.54) is 23.1 Å². The van der Waals surface area contributed by atoms with Crippen LogP contribution in [-0.2, 0) is 16.1 Å². The van der Waals surface area contributed by atoms with E-state index in [1.807, 2.05) is 22.4 Å². The number of amides is 1. The summed E-state index contributed by atoms with van der Waals surface area (Å²) in [6.07, 6.45) is 2.43. The molecule has 2 heterocycles. The van der Waals surface area contributed by atoms with Crippen molar-refractivity contribution >= 4 is 50.6 Å². The molecular formula is C19H24N5O4S2+. The monoisotopic (exact) mass is 450 g/mol. The summed E-state index contributed by atoms with van der Waals surface area (Å²) >= 11 is 2.62. The quantitative estimate of drug-likeness (QED) is 0.372.